The van der Waals surface area contributed by atoms with E-state index in [9.17, 15) is 9.90 Å². The number of ketones is 1. The number of aromatic hydroxyl groups is 1. The lowest BCUT2D eigenvalue weighted by atomic mass is 9.78. The molecule has 0 bridgehead atoms. The molecule has 1 heterocycles. The van der Waals surface area contributed by atoms with Crippen LogP contribution >= 0.6 is 11.6 Å². The standard InChI is InChI=1S/C28H27ClN2O3/c1-3-16-8-10-17(11-9-16)18-13-23-26(24(32)14-18)27(31-22-7-5-4-6-21(22)30-23)19-12-20(29)28(33)25(15-19)34-2/h4-12,15,18,27,30-31,33H,3,13-14H2,1-2H3. The number of aryl methyl sites for hydroxylation is 1. The van der Waals surface area contributed by atoms with Gasteiger partial charge >= 0.3 is 0 Å². The molecule has 3 aromatic carbocycles. The van der Waals surface area contributed by atoms with Crippen molar-refractivity contribution in [2.24, 2.45) is 0 Å². The van der Waals surface area contributed by atoms with Crippen molar-refractivity contribution >= 4 is 28.8 Å². The molecule has 0 radical (unpaired) electrons. The summed E-state index contributed by atoms with van der Waals surface area (Å²) in [5.74, 6) is 0.356. The zero-order chi connectivity index (χ0) is 23.8. The number of nitrogens with one attached hydrogen (secondary N) is 2. The van der Waals surface area contributed by atoms with E-state index < -0.39 is 6.04 Å². The molecule has 34 heavy (non-hydrogen) atoms. The molecule has 0 saturated heterocycles. The van der Waals surface area contributed by atoms with Gasteiger partial charge in [-0.2, -0.15) is 0 Å². The highest BCUT2D eigenvalue weighted by molar-refractivity contribution is 6.32. The zero-order valence-corrected chi connectivity index (χ0v) is 19.9. The molecular weight excluding hydrogens is 448 g/mol. The van der Waals surface area contributed by atoms with Crippen LogP contribution in [0.1, 0.15) is 48.4 Å². The molecule has 1 aliphatic carbocycles. The number of ether oxygens (including phenoxy) is 1. The van der Waals surface area contributed by atoms with Crippen LogP contribution in [0.2, 0.25) is 5.02 Å². The molecule has 0 spiro atoms. The Bertz CT molecular complexity index is 1280. The molecular formula is C28H27ClN2O3. The number of hydrogen-bond donors (Lipinski definition) is 3. The number of halogens is 1. The van der Waals surface area contributed by atoms with Crippen LogP contribution in [0.3, 0.4) is 0 Å². The van der Waals surface area contributed by atoms with Crippen molar-refractivity contribution in [3.63, 3.8) is 0 Å². The molecule has 2 aliphatic rings. The highest BCUT2D eigenvalue weighted by Crippen LogP contribution is 2.46. The number of carbonyl (C=O) groups is 1. The molecule has 2 unspecified atom stereocenters. The van der Waals surface area contributed by atoms with Crippen molar-refractivity contribution in [2.45, 2.75) is 38.1 Å². The fourth-order valence-corrected chi connectivity index (χ4v) is 5.14. The van der Waals surface area contributed by atoms with Crippen molar-refractivity contribution < 1.29 is 14.6 Å². The van der Waals surface area contributed by atoms with Crippen LogP contribution in [-0.4, -0.2) is 18.0 Å². The van der Waals surface area contributed by atoms with Crippen molar-refractivity contribution in [3.8, 4) is 11.5 Å². The lowest BCUT2D eigenvalue weighted by Crippen LogP contribution is -2.27. The Labute approximate surface area is 204 Å². The first-order chi connectivity index (χ1) is 16.5. The van der Waals surface area contributed by atoms with E-state index in [1.54, 1.807) is 12.1 Å². The molecule has 2 atom stereocenters. The normalized spacial score (nSPS) is 19.4. The van der Waals surface area contributed by atoms with Crippen LogP contribution in [0.15, 0.2) is 71.9 Å². The second-order valence-corrected chi connectivity index (χ2v) is 9.22. The van der Waals surface area contributed by atoms with Crippen molar-refractivity contribution in [2.75, 3.05) is 17.7 Å². The van der Waals surface area contributed by atoms with Gasteiger partial charge in [-0.1, -0.05) is 54.9 Å². The lowest BCUT2D eigenvalue weighted by Gasteiger charge is -2.30. The van der Waals surface area contributed by atoms with E-state index in [1.165, 1.54) is 18.2 Å². The maximum absolute atomic E-state index is 13.7. The Morgan fingerprint density at radius 3 is 2.47 bits per heavy atom. The molecule has 174 valence electrons. The van der Waals surface area contributed by atoms with E-state index in [1.807, 2.05) is 24.3 Å². The Kier molecular flexibility index (Phi) is 5.96. The highest BCUT2D eigenvalue weighted by Gasteiger charge is 2.36. The summed E-state index contributed by atoms with van der Waals surface area (Å²) in [7, 11) is 1.48. The summed E-state index contributed by atoms with van der Waals surface area (Å²) in [6.45, 7) is 2.14. The van der Waals surface area contributed by atoms with Gasteiger partial charge in [0.15, 0.2) is 17.3 Å². The first-order valence-corrected chi connectivity index (χ1v) is 11.9. The van der Waals surface area contributed by atoms with Gasteiger partial charge in [0, 0.05) is 17.7 Å². The smallest absolute Gasteiger partial charge is 0.176 e. The largest absolute Gasteiger partial charge is 0.503 e. The summed E-state index contributed by atoms with van der Waals surface area (Å²) < 4.78 is 5.34. The van der Waals surface area contributed by atoms with Crippen LogP contribution in [0, 0.1) is 0 Å². The number of fused-ring (bicyclic) bond motifs is 1. The molecule has 6 heteroatoms. The third-order valence-electron chi connectivity index (χ3n) is 6.77. The van der Waals surface area contributed by atoms with Crippen LogP contribution in [0.25, 0.3) is 0 Å². The number of allylic oxidation sites excluding steroid dienone is 1. The summed E-state index contributed by atoms with van der Waals surface area (Å²) in [5.41, 5.74) is 6.63. The van der Waals surface area contributed by atoms with Crippen LogP contribution < -0.4 is 15.4 Å². The van der Waals surface area contributed by atoms with Gasteiger partial charge in [0.2, 0.25) is 0 Å². The van der Waals surface area contributed by atoms with E-state index in [-0.39, 0.29) is 28.2 Å². The number of phenolic OH excluding ortho intramolecular Hbond substituents is 1. The monoisotopic (exact) mass is 474 g/mol. The minimum atomic E-state index is -0.436. The quantitative estimate of drug-likeness (QED) is 0.397. The Morgan fingerprint density at radius 2 is 1.76 bits per heavy atom. The Morgan fingerprint density at radius 1 is 1.03 bits per heavy atom. The molecule has 0 aromatic heterocycles. The van der Waals surface area contributed by atoms with E-state index in [4.69, 9.17) is 16.3 Å². The second-order valence-electron chi connectivity index (χ2n) is 8.82. The summed E-state index contributed by atoms with van der Waals surface area (Å²) in [6, 6.07) is 19.5. The van der Waals surface area contributed by atoms with Gasteiger partial charge in [-0.25, -0.2) is 0 Å². The average Bonchev–Trinajstić information content (AvgIpc) is 3.02. The number of anilines is 2. The van der Waals surface area contributed by atoms with E-state index in [0.717, 1.165) is 35.5 Å². The van der Waals surface area contributed by atoms with Crippen molar-refractivity contribution in [1.29, 1.82) is 0 Å². The highest BCUT2D eigenvalue weighted by atomic mass is 35.5. The maximum atomic E-state index is 13.7. The van der Waals surface area contributed by atoms with Crippen molar-refractivity contribution in [1.82, 2.24) is 0 Å². The summed E-state index contributed by atoms with van der Waals surface area (Å²) in [5, 5.41) is 17.5. The number of hydrogen-bond acceptors (Lipinski definition) is 5. The fourth-order valence-electron chi connectivity index (χ4n) is 4.92. The third kappa shape index (κ3) is 4.01. The fraction of sp³-hybridized carbons (Fsp3) is 0.250. The van der Waals surface area contributed by atoms with Crippen molar-refractivity contribution in [3.05, 3.63) is 93.6 Å². The van der Waals surface area contributed by atoms with Gasteiger partial charge in [0.1, 0.15) is 0 Å². The number of carbonyl (C=O) groups excluding carboxylic acids is 1. The molecule has 0 amide bonds. The molecule has 0 saturated carbocycles. The van der Waals surface area contributed by atoms with Gasteiger partial charge in [0.25, 0.3) is 0 Å². The van der Waals surface area contributed by atoms with E-state index in [2.05, 4.69) is 41.8 Å². The van der Waals surface area contributed by atoms with Crippen LogP contribution in [0.5, 0.6) is 11.5 Å². The number of rotatable bonds is 4. The number of phenols is 1. The minimum absolute atomic E-state index is 0.0896. The Hall–Kier alpha value is -3.44. The first-order valence-electron chi connectivity index (χ1n) is 11.5. The molecule has 3 aromatic rings. The van der Waals surface area contributed by atoms with E-state index >= 15 is 0 Å². The molecule has 5 rings (SSSR count). The number of methoxy groups -OCH3 is 1. The Balaban J connectivity index is 1.61. The van der Waals surface area contributed by atoms with Gasteiger partial charge in [-0.05, 0) is 59.7 Å². The molecule has 3 N–H and O–H groups in total. The predicted molar refractivity (Wildman–Crippen MR) is 136 cm³/mol. The summed E-state index contributed by atoms with van der Waals surface area (Å²) in [6.07, 6.45) is 2.15. The summed E-state index contributed by atoms with van der Waals surface area (Å²) >= 11 is 6.32. The van der Waals surface area contributed by atoms with Gasteiger partial charge in [-0.3, -0.25) is 4.79 Å². The predicted octanol–water partition coefficient (Wildman–Crippen LogP) is 6.60. The number of Topliss-reactive ketones (excluding diaryl/α,β-unsaturated/α-hetero) is 1. The zero-order valence-electron chi connectivity index (χ0n) is 19.2. The summed E-state index contributed by atoms with van der Waals surface area (Å²) in [4.78, 5) is 13.7. The second kappa shape index (κ2) is 9.07. The van der Waals surface area contributed by atoms with Gasteiger partial charge in [-0.15, -0.1) is 0 Å². The molecule has 5 nitrogen and oxygen atoms in total. The van der Waals surface area contributed by atoms with Gasteiger partial charge < -0.3 is 20.5 Å². The van der Waals surface area contributed by atoms with Crippen LogP contribution in [0.4, 0.5) is 11.4 Å². The minimum Gasteiger partial charge on any atom is -0.503 e. The van der Waals surface area contributed by atoms with Crippen LogP contribution in [-0.2, 0) is 11.2 Å². The first kappa shape index (κ1) is 22.4. The van der Waals surface area contributed by atoms with E-state index in [0.29, 0.717) is 12.0 Å². The van der Waals surface area contributed by atoms with Gasteiger partial charge in [0.05, 0.1) is 29.5 Å². The molecule has 1 aliphatic heterocycles. The number of para-hydroxylation sites is 2. The lowest BCUT2D eigenvalue weighted by molar-refractivity contribution is -0.116. The molecule has 0 fully saturated rings. The average molecular weight is 475 g/mol. The third-order valence-corrected chi connectivity index (χ3v) is 7.06. The SMILES string of the molecule is CCc1ccc(C2CC(=O)C3=C(C2)Nc2ccccc2NC3c2cc(Cl)c(O)c(OC)c2)cc1. The topological polar surface area (TPSA) is 70.6 Å². The number of benzene rings is 3. The maximum Gasteiger partial charge on any atom is 0.176 e.